The van der Waals surface area contributed by atoms with E-state index in [1.807, 2.05) is 6.92 Å². The highest BCUT2D eigenvalue weighted by molar-refractivity contribution is 8.00. The van der Waals surface area contributed by atoms with Gasteiger partial charge < -0.3 is 0 Å². The second-order valence-electron chi connectivity index (χ2n) is 5.36. The SMILES string of the molecule is CCc1nnc(NC(=O)CSc2nc3c(c(=O)n2C)S[C@@H](C)C3)s1. The average Bonchev–Trinajstić information content (AvgIpc) is 3.15. The van der Waals surface area contributed by atoms with Crippen LogP contribution >= 0.6 is 34.9 Å². The van der Waals surface area contributed by atoms with Crippen LogP contribution in [-0.4, -0.2) is 36.7 Å². The van der Waals surface area contributed by atoms with Gasteiger partial charge in [0.2, 0.25) is 11.0 Å². The van der Waals surface area contributed by atoms with E-state index < -0.39 is 0 Å². The van der Waals surface area contributed by atoms with Crippen LogP contribution in [0.1, 0.15) is 24.5 Å². The van der Waals surface area contributed by atoms with Crippen LogP contribution in [0.25, 0.3) is 0 Å². The third-order valence-corrected chi connectivity index (χ3v) is 6.65. The van der Waals surface area contributed by atoms with Crippen molar-refractivity contribution >= 4 is 45.9 Å². The van der Waals surface area contributed by atoms with Crippen molar-refractivity contribution in [3.05, 3.63) is 21.1 Å². The van der Waals surface area contributed by atoms with Crippen LogP contribution in [0.3, 0.4) is 0 Å². The fraction of sp³-hybridized carbons (Fsp3) is 0.500. The summed E-state index contributed by atoms with van der Waals surface area (Å²) in [6.45, 7) is 4.07. The van der Waals surface area contributed by atoms with Gasteiger partial charge >= 0.3 is 0 Å². The largest absolute Gasteiger partial charge is 0.300 e. The Labute approximate surface area is 151 Å². The molecule has 10 heteroatoms. The van der Waals surface area contributed by atoms with Gasteiger partial charge in [-0.2, -0.15) is 0 Å². The first kappa shape index (κ1) is 17.4. The minimum absolute atomic E-state index is 0.0334. The summed E-state index contributed by atoms with van der Waals surface area (Å²) in [5.41, 5.74) is 0.809. The highest BCUT2D eigenvalue weighted by Gasteiger charge is 2.25. The first-order valence-corrected chi connectivity index (χ1v) is 10.2. The second-order valence-corrected chi connectivity index (χ2v) is 8.81. The van der Waals surface area contributed by atoms with Crippen molar-refractivity contribution in [1.29, 1.82) is 0 Å². The van der Waals surface area contributed by atoms with E-state index in [4.69, 9.17) is 0 Å². The van der Waals surface area contributed by atoms with Crippen molar-refractivity contribution in [3.8, 4) is 0 Å². The van der Waals surface area contributed by atoms with E-state index in [-0.39, 0.29) is 17.2 Å². The number of anilines is 1. The molecule has 3 heterocycles. The quantitative estimate of drug-likeness (QED) is 0.623. The van der Waals surface area contributed by atoms with Crippen molar-refractivity contribution in [2.45, 2.75) is 42.0 Å². The number of fused-ring (bicyclic) bond motifs is 1. The highest BCUT2D eigenvalue weighted by atomic mass is 32.2. The predicted molar refractivity (Wildman–Crippen MR) is 97.1 cm³/mol. The van der Waals surface area contributed by atoms with Crippen LogP contribution in [0.15, 0.2) is 14.8 Å². The van der Waals surface area contributed by atoms with Gasteiger partial charge in [0, 0.05) is 18.7 Å². The maximum Gasteiger partial charge on any atom is 0.267 e. The van der Waals surface area contributed by atoms with Gasteiger partial charge in [0.1, 0.15) is 5.01 Å². The molecule has 0 unspecified atom stereocenters. The molecule has 1 amide bonds. The van der Waals surface area contributed by atoms with Gasteiger partial charge in [-0.05, 0) is 6.42 Å². The number of aryl methyl sites for hydroxylation is 1. The molecule has 0 aromatic carbocycles. The Morgan fingerprint density at radius 1 is 1.46 bits per heavy atom. The number of carbonyl (C=O) groups is 1. The number of amides is 1. The first-order chi connectivity index (χ1) is 11.5. The van der Waals surface area contributed by atoms with Crippen LogP contribution in [0, 0.1) is 0 Å². The van der Waals surface area contributed by atoms with Crippen molar-refractivity contribution in [3.63, 3.8) is 0 Å². The van der Waals surface area contributed by atoms with Gasteiger partial charge in [0.25, 0.3) is 5.56 Å². The molecule has 2 aromatic heterocycles. The predicted octanol–water partition coefficient (Wildman–Crippen LogP) is 1.96. The summed E-state index contributed by atoms with van der Waals surface area (Å²) >= 11 is 4.20. The molecule has 2 aromatic rings. The summed E-state index contributed by atoms with van der Waals surface area (Å²) in [6.07, 6.45) is 1.58. The van der Waals surface area contributed by atoms with Gasteiger partial charge in [-0.25, -0.2) is 4.98 Å². The van der Waals surface area contributed by atoms with Gasteiger partial charge in [0.05, 0.1) is 16.3 Å². The Bertz CT molecular complexity index is 832. The van der Waals surface area contributed by atoms with E-state index >= 15 is 0 Å². The van der Waals surface area contributed by atoms with Crippen LogP contribution in [0.5, 0.6) is 0 Å². The molecular formula is C14H17N5O2S3. The summed E-state index contributed by atoms with van der Waals surface area (Å²) in [7, 11) is 1.69. The van der Waals surface area contributed by atoms with E-state index in [1.54, 1.807) is 18.8 Å². The number of rotatable bonds is 5. The fourth-order valence-electron chi connectivity index (χ4n) is 2.24. The molecule has 1 aliphatic heterocycles. The number of aromatic nitrogens is 4. The molecule has 0 saturated carbocycles. The third kappa shape index (κ3) is 3.65. The van der Waals surface area contributed by atoms with E-state index in [0.717, 1.165) is 28.4 Å². The molecule has 0 aliphatic carbocycles. The zero-order valence-corrected chi connectivity index (χ0v) is 16.0. The van der Waals surface area contributed by atoms with E-state index in [2.05, 4.69) is 27.4 Å². The van der Waals surface area contributed by atoms with E-state index in [9.17, 15) is 9.59 Å². The minimum Gasteiger partial charge on any atom is -0.300 e. The summed E-state index contributed by atoms with van der Waals surface area (Å²) in [5.74, 6) is -0.0145. The zero-order chi connectivity index (χ0) is 17.3. The Hall–Kier alpha value is -1.39. The highest BCUT2D eigenvalue weighted by Crippen LogP contribution is 2.33. The summed E-state index contributed by atoms with van der Waals surface area (Å²) in [6, 6.07) is 0. The molecule has 0 radical (unpaired) electrons. The number of nitrogens with one attached hydrogen (secondary N) is 1. The topological polar surface area (TPSA) is 89.8 Å². The van der Waals surface area contributed by atoms with Crippen LogP contribution in [0.2, 0.25) is 0 Å². The number of nitrogens with zero attached hydrogens (tertiary/aromatic N) is 4. The van der Waals surface area contributed by atoms with Gasteiger partial charge in [-0.15, -0.1) is 22.0 Å². The number of thioether (sulfide) groups is 2. The Balaban J connectivity index is 1.66. The summed E-state index contributed by atoms with van der Waals surface area (Å²) in [4.78, 5) is 29.7. The summed E-state index contributed by atoms with van der Waals surface area (Å²) < 4.78 is 1.52. The average molecular weight is 384 g/mol. The smallest absolute Gasteiger partial charge is 0.267 e. The van der Waals surface area contributed by atoms with Gasteiger partial charge in [0.15, 0.2) is 5.16 Å². The molecule has 0 saturated heterocycles. The van der Waals surface area contributed by atoms with E-state index in [0.29, 0.717) is 15.5 Å². The molecule has 1 aliphatic rings. The maximum absolute atomic E-state index is 12.4. The minimum atomic E-state index is -0.184. The molecule has 128 valence electrons. The molecular weight excluding hydrogens is 366 g/mol. The lowest BCUT2D eigenvalue weighted by atomic mass is 10.2. The molecule has 0 spiro atoms. The zero-order valence-electron chi connectivity index (χ0n) is 13.5. The second kappa shape index (κ2) is 7.24. The summed E-state index contributed by atoms with van der Waals surface area (Å²) in [5, 5.41) is 12.9. The molecule has 0 bridgehead atoms. The Morgan fingerprint density at radius 2 is 2.25 bits per heavy atom. The molecule has 1 N–H and O–H groups in total. The third-order valence-electron chi connectivity index (χ3n) is 3.43. The maximum atomic E-state index is 12.4. The molecule has 1 atom stereocenters. The van der Waals surface area contributed by atoms with Crippen LogP contribution in [-0.2, 0) is 24.7 Å². The van der Waals surface area contributed by atoms with Crippen LogP contribution in [0.4, 0.5) is 5.13 Å². The molecule has 0 fully saturated rings. The fourth-order valence-corrected chi connectivity index (χ4v) is 4.86. The van der Waals surface area contributed by atoms with Crippen molar-refractivity contribution in [2.24, 2.45) is 7.05 Å². The lowest BCUT2D eigenvalue weighted by Gasteiger charge is -2.08. The van der Waals surface area contributed by atoms with Crippen molar-refractivity contribution in [2.75, 3.05) is 11.1 Å². The number of hydrogen-bond donors (Lipinski definition) is 1. The lowest BCUT2D eigenvalue weighted by molar-refractivity contribution is -0.113. The molecule has 3 rings (SSSR count). The monoisotopic (exact) mass is 383 g/mol. The lowest BCUT2D eigenvalue weighted by Crippen LogP contribution is -2.23. The number of carbonyl (C=O) groups excluding carboxylic acids is 1. The Kier molecular flexibility index (Phi) is 5.26. The first-order valence-electron chi connectivity index (χ1n) is 7.49. The standard InChI is InChI=1S/C14H17N5O2S3/c1-4-10-17-18-13(24-10)16-9(20)6-22-14-15-8-5-7(2)23-11(8)12(21)19(14)3/h7H,4-6H2,1-3H3,(H,16,18,20)/t7-/m0/s1. The van der Waals surface area contributed by atoms with Crippen molar-refractivity contribution in [1.82, 2.24) is 19.7 Å². The van der Waals surface area contributed by atoms with Crippen LogP contribution < -0.4 is 10.9 Å². The molecule has 7 nitrogen and oxygen atoms in total. The van der Waals surface area contributed by atoms with E-state index in [1.165, 1.54) is 27.7 Å². The number of hydrogen-bond acceptors (Lipinski definition) is 8. The Morgan fingerprint density at radius 3 is 2.96 bits per heavy atom. The van der Waals surface area contributed by atoms with Gasteiger partial charge in [-0.3, -0.25) is 19.5 Å². The normalized spacial score (nSPS) is 16.2. The molecule has 24 heavy (non-hydrogen) atoms. The van der Waals surface area contributed by atoms with Gasteiger partial charge in [-0.1, -0.05) is 36.9 Å². The van der Waals surface area contributed by atoms with Crippen molar-refractivity contribution < 1.29 is 4.79 Å².